The summed E-state index contributed by atoms with van der Waals surface area (Å²) >= 11 is 1.58. The first-order chi connectivity index (χ1) is 11.5. The smallest absolute Gasteiger partial charge is 0.264 e. The van der Waals surface area contributed by atoms with Crippen LogP contribution >= 0.6 is 23.7 Å². The fraction of sp³-hybridized carbons (Fsp3) is 0.667. The molecule has 25 heavy (non-hydrogen) atoms. The van der Waals surface area contributed by atoms with Gasteiger partial charge in [0.05, 0.1) is 10.6 Å². The molecule has 1 saturated heterocycles. The summed E-state index contributed by atoms with van der Waals surface area (Å²) in [6.45, 7) is 9.30. The van der Waals surface area contributed by atoms with E-state index in [1.54, 1.807) is 11.3 Å². The van der Waals surface area contributed by atoms with Crippen LogP contribution in [-0.4, -0.2) is 46.3 Å². The van der Waals surface area contributed by atoms with Crippen molar-refractivity contribution >= 4 is 39.9 Å². The standard InChI is InChI=1S/C18H28N4OS.ClH/c1-5-10-22(13-6-8-19-9-7-13)17(23)15-11-14-16(12(2)3)20-21(4)18(14)24-15;/h11-13,19H,5-10H2,1-4H3;1H. The van der Waals surface area contributed by atoms with E-state index in [9.17, 15) is 4.79 Å². The Labute approximate surface area is 160 Å². The Morgan fingerprint density at radius 1 is 1.44 bits per heavy atom. The zero-order valence-electron chi connectivity index (χ0n) is 15.5. The minimum absolute atomic E-state index is 0. The molecule has 3 rings (SSSR count). The molecule has 1 N–H and O–H groups in total. The summed E-state index contributed by atoms with van der Waals surface area (Å²) in [5.41, 5.74) is 1.09. The van der Waals surface area contributed by atoms with E-state index in [2.05, 4.69) is 42.2 Å². The third-order valence-corrected chi connectivity index (χ3v) is 5.96. The van der Waals surface area contributed by atoms with E-state index < -0.39 is 0 Å². The molecule has 1 amide bonds. The number of carbonyl (C=O) groups excluding carboxylic acids is 1. The number of nitrogens with zero attached hydrogens (tertiary/aromatic N) is 3. The van der Waals surface area contributed by atoms with Crippen molar-refractivity contribution in [2.75, 3.05) is 19.6 Å². The highest BCUT2D eigenvalue weighted by Crippen LogP contribution is 2.32. The highest BCUT2D eigenvalue weighted by atomic mass is 35.5. The molecule has 140 valence electrons. The quantitative estimate of drug-likeness (QED) is 0.853. The van der Waals surface area contributed by atoms with Gasteiger partial charge in [0, 0.05) is 25.0 Å². The van der Waals surface area contributed by atoms with E-state index in [4.69, 9.17) is 0 Å². The summed E-state index contributed by atoms with van der Waals surface area (Å²) in [5.74, 6) is 0.557. The number of piperidine rings is 1. The van der Waals surface area contributed by atoms with Crippen molar-refractivity contribution in [3.8, 4) is 0 Å². The molecule has 5 nitrogen and oxygen atoms in total. The van der Waals surface area contributed by atoms with Gasteiger partial charge in [0.1, 0.15) is 4.83 Å². The van der Waals surface area contributed by atoms with Gasteiger partial charge in [-0.3, -0.25) is 9.48 Å². The lowest BCUT2D eigenvalue weighted by atomic mass is 10.0. The van der Waals surface area contributed by atoms with Crippen molar-refractivity contribution in [2.24, 2.45) is 7.05 Å². The number of fused-ring (bicyclic) bond motifs is 1. The normalized spacial score (nSPS) is 15.6. The zero-order valence-corrected chi connectivity index (χ0v) is 17.2. The number of rotatable bonds is 5. The van der Waals surface area contributed by atoms with Gasteiger partial charge in [-0.25, -0.2) is 0 Å². The van der Waals surface area contributed by atoms with Gasteiger partial charge in [0.15, 0.2) is 0 Å². The molecule has 0 spiro atoms. The average Bonchev–Trinajstić information content (AvgIpc) is 3.13. The van der Waals surface area contributed by atoms with Crippen LogP contribution in [0.2, 0.25) is 0 Å². The number of halogens is 1. The maximum atomic E-state index is 13.2. The first-order valence-electron chi connectivity index (χ1n) is 9.01. The predicted octanol–water partition coefficient (Wildman–Crippen LogP) is 3.78. The van der Waals surface area contributed by atoms with Crippen LogP contribution in [0.15, 0.2) is 6.07 Å². The molecule has 0 bridgehead atoms. The largest absolute Gasteiger partial charge is 0.335 e. The van der Waals surface area contributed by atoms with Crippen molar-refractivity contribution in [3.63, 3.8) is 0 Å². The molecule has 1 aliphatic heterocycles. The van der Waals surface area contributed by atoms with E-state index in [1.807, 2.05) is 11.7 Å². The number of nitrogens with one attached hydrogen (secondary N) is 1. The Morgan fingerprint density at radius 3 is 2.72 bits per heavy atom. The maximum Gasteiger partial charge on any atom is 0.264 e. The summed E-state index contributed by atoms with van der Waals surface area (Å²) in [4.78, 5) is 17.2. The minimum atomic E-state index is 0. The zero-order chi connectivity index (χ0) is 17.3. The highest BCUT2D eigenvalue weighted by molar-refractivity contribution is 7.20. The fourth-order valence-electron chi connectivity index (χ4n) is 3.55. The van der Waals surface area contributed by atoms with E-state index >= 15 is 0 Å². The van der Waals surface area contributed by atoms with Crippen LogP contribution in [0.25, 0.3) is 10.2 Å². The second-order valence-electron chi connectivity index (χ2n) is 6.97. The predicted molar refractivity (Wildman–Crippen MR) is 107 cm³/mol. The molecule has 0 unspecified atom stereocenters. The molecule has 2 aromatic rings. The number of carbonyl (C=O) groups is 1. The van der Waals surface area contributed by atoms with Crippen LogP contribution in [0.5, 0.6) is 0 Å². The number of amides is 1. The molecule has 0 radical (unpaired) electrons. The Kier molecular flexibility index (Phi) is 6.88. The van der Waals surface area contributed by atoms with E-state index in [-0.39, 0.29) is 18.3 Å². The second-order valence-corrected chi connectivity index (χ2v) is 8.00. The van der Waals surface area contributed by atoms with Crippen molar-refractivity contribution < 1.29 is 4.79 Å². The molecule has 1 fully saturated rings. The first-order valence-corrected chi connectivity index (χ1v) is 9.82. The average molecular weight is 385 g/mol. The van der Waals surface area contributed by atoms with Crippen molar-refractivity contribution in [1.29, 1.82) is 0 Å². The van der Waals surface area contributed by atoms with Gasteiger partial charge < -0.3 is 10.2 Å². The monoisotopic (exact) mass is 384 g/mol. The Balaban J connectivity index is 0.00000225. The number of thiophene rings is 1. The van der Waals surface area contributed by atoms with Gasteiger partial charge in [-0.05, 0) is 44.3 Å². The van der Waals surface area contributed by atoms with Gasteiger partial charge in [0.25, 0.3) is 5.91 Å². The molecular weight excluding hydrogens is 356 g/mol. The van der Waals surface area contributed by atoms with Crippen molar-refractivity contribution in [2.45, 2.75) is 52.0 Å². The lowest BCUT2D eigenvalue weighted by Crippen LogP contribution is -2.46. The van der Waals surface area contributed by atoms with Gasteiger partial charge in [-0.1, -0.05) is 20.8 Å². The molecule has 2 aromatic heterocycles. The van der Waals surface area contributed by atoms with Crippen molar-refractivity contribution in [1.82, 2.24) is 20.0 Å². The molecule has 0 atom stereocenters. The van der Waals surface area contributed by atoms with Crippen LogP contribution in [0.4, 0.5) is 0 Å². The molecule has 1 aliphatic rings. The third kappa shape index (κ3) is 4.01. The van der Waals surface area contributed by atoms with E-state index in [0.717, 1.165) is 59.7 Å². The Morgan fingerprint density at radius 2 is 2.12 bits per heavy atom. The molecule has 0 saturated carbocycles. The van der Waals surface area contributed by atoms with Crippen LogP contribution in [0.3, 0.4) is 0 Å². The topological polar surface area (TPSA) is 50.2 Å². The van der Waals surface area contributed by atoms with Gasteiger partial charge >= 0.3 is 0 Å². The molecular formula is C18H29ClN4OS. The summed E-state index contributed by atoms with van der Waals surface area (Å²) in [5, 5.41) is 9.14. The Hall–Kier alpha value is -1.11. The molecule has 0 aliphatic carbocycles. The number of aromatic nitrogens is 2. The second kappa shape index (κ2) is 8.52. The lowest BCUT2D eigenvalue weighted by molar-refractivity contribution is 0.0648. The van der Waals surface area contributed by atoms with E-state index in [1.165, 1.54) is 0 Å². The van der Waals surface area contributed by atoms with Crippen molar-refractivity contribution in [3.05, 3.63) is 16.6 Å². The summed E-state index contributed by atoms with van der Waals surface area (Å²) in [6.07, 6.45) is 3.10. The minimum Gasteiger partial charge on any atom is -0.335 e. The van der Waals surface area contributed by atoms with Crippen LogP contribution in [0.1, 0.15) is 61.3 Å². The Bertz CT molecular complexity index is 718. The van der Waals surface area contributed by atoms with Crippen LogP contribution < -0.4 is 5.32 Å². The molecule has 0 aromatic carbocycles. The van der Waals surface area contributed by atoms with Gasteiger partial charge in [0.2, 0.25) is 0 Å². The third-order valence-electron chi connectivity index (χ3n) is 4.77. The van der Waals surface area contributed by atoms with Crippen LogP contribution in [0, 0.1) is 0 Å². The molecule has 7 heteroatoms. The van der Waals surface area contributed by atoms with E-state index in [0.29, 0.717) is 12.0 Å². The summed E-state index contributed by atoms with van der Waals surface area (Å²) in [6, 6.07) is 2.43. The molecule has 3 heterocycles. The first kappa shape index (κ1) is 20.2. The highest BCUT2D eigenvalue weighted by Gasteiger charge is 2.27. The lowest BCUT2D eigenvalue weighted by Gasteiger charge is -2.34. The number of aryl methyl sites for hydroxylation is 1. The fourth-order valence-corrected chi connectivity index (χ4v) is 4.58. The number of hydrogen-bond donors (Lipinski definition) is 1. The summed E-state index contributed by atoms with van der Waals surface area (Å²) in [7, 11) is 1.97. The summed E-state index contributed by atoms with van der Waals surface area (Å²) < 4.78 is 1.92. The number of hydrogen-bond acceptors (Lipinski definition) is 4. The van der Waals surface area contributed by atoms with Gasteiger partial charge in [-0.15, -0.1) is 23.7 Å². The SMILES string of the molecule is CCCN(C(=O)c1cc2c(C(C)C)nn(C)c2s1)C1CCNCC1.Cl. The van der Waals surface area contributed by atoms with Gasteiger partial charge in [-0.2, -0.15) is 5.10 Å². The maximum absolute atomic E-state index is 13.2. The van der Waals surface area contributed by atoms with Crippen LogP contribution in [-0.2, 0) is 7.05 Å².